The van der Waals surface area contributed by atoms with Gasteiger partial charge in [-0.15, -0.1) is 0 Å². The Hall–Kier alpha value is -4.05. The van der Waals surface area contributed by atoms with Crippen LogP contribution in [0.25, 0.3) is 6.08 Å². The average Bonchev–Trinajstić information content (AvgIpc) is 3.09. The van der Waals surface area contributed by atoms with Crippen LogP contribution in [0.15, 0.2) is 69.6 Å². The van der Waals surface area contributed by atoms with Crippen LogP contribution in [-0.2, 0) is 9.53 Å². The number of aromatic hydroxyl groups is 1. The molecule has 3 aromatic rings. The van der Waals surface area contributed by atoms with Gasteiger partial charge >= 0.3 is 5.97 Å². The minimum Gasteiger partial charge on any atom is -0.508 e. The van der Waals surface area contributed by atoms with Gasteiger partial charge in [0.15, 0.2) is 4.80 Å². The zero-order valence-electron chi connectivity index (χ0n) is 17.7. The molecular formula is C23H19N3O6S. The summed E-state index contributed by atoms with van der Waals surface area (Å²) in [4.78, 5) is 41.7. The van der Waals surface area contributed by atoms with Crippen LogP contribution >= 0.6 is 11.3 Å². The Balaban J connectivity index is 1.93. The van der Waals surface area contributed by atoms with Crippen LogP contribution < -0.4 is 14.9 Å². The third kappa shape index (κ3) is 4.20. The van der Waals surface area contributed by atoms with Crippen LogP contribution in [0.1, 0.15) is 31.0 Å². The van der Waals surface area contributed by atoms with Gasteiger partial charge in [-0.3, -0.25) is 19.5 Å². The van der Waals surface area contributed by atoms with Crippen molar-refractivity contribution in [2.24, 2.45) is 4.99 Å². The number of rotatable bonds is 5. The molecule has 1 aromatic heterocycles. The molecule has 9 nitrogen and oxygen atoms in total. The molecule has 1 N–H and O–H groups in total. The van der Waals surface area contributed by atoms with Gasteiger partial charge in [-0.1, -0.05) is 23.5 Å². The third-order valence-electron chi connectivity index (χ3n) is 5.13. The summed E-state index contributed by atoms with van der Waals surface area (Å²) in [6.07, 6.45) is 1.68. The van der Waals surface area contributed by atoms with Gasteiger partial charge in [0.25, 0.3) is 11.2 Å². The summed E-state index contributed by atoms with van der Waals surface area (Å²) in [7, 11) is 0. The van der Waals surface area contributed by atoms with Crippen LogP contribution in [0.2, 0.25) is 0 Å². The van der Waals surface area contributed by atoms with Gasteiger partial charge in [-0.05, 0) is 55.3 Å². The number of benzene rings is 2. The van der Waals surface area contributed by atoms with Gasteiger partial charge in [-0.2, -0.15) is 0 Å². The molecule has 0 spiro atoms. The van der Waals surface area contributed by atoms with Crippen LogP contribution in [0.3, 0.4) is 0 Å². The molecule has 0 saturated heterocycles. The molecule has 2 aromatic carbocycles. The average molecular weight is 465 g/mol. The number of thiazole rings is 1. The summed E-state index contributed by atoms with van der Waals surface area (Å²) in [5.74, 6) is -0.489. The number of fused-ring (bicyclic) bond motifs is 1. The topological polar surface area (TPSA) is 124 Å². The largest absolute Gasteiger partial charge is 0.508 e. The lowest BCUT2D eigenvalue weighted by atomic mass is 9.95. The van der Waals surface area contributed by atoms with E-state index in [2.05, 4.69) is 4.99 Å². The Labute approximate surface area is 191 Å². The van der Waals surface area contributed by atoms with Crippen molar-refractivity contribution in [3.05, 3.63) is 101 Å². The van der Waals surface area contributed by atoms with Gasteiger partial charge in [0.1, 0.15) is 5.75 Å². The predicted octanol–water partition coefficient (Wildman–Crippen LogP) is 2.41. The molecule has 1 atom stereocenters. The summed E-state index contributed by atoms with van der Waals surface area (Å²) >= 11 is 1.17. The van der Waals surface area contributed by atoms with E-state index in [1.807, 2.05) is 0 Å². The van der Waals surface area contributed by atoms with Gasteiger partial charge in [0.2, 0.25) is 0 Å². The molecule has 1 aliphatic rings. The number of nitro groups is 1. The summed E-state index contributed by atoms with van der Waals surface area (Å²) < 4.78 is 7.03. The van der Waals surface area contributed by atoms with E-state index < -0.39 is 16.9 Å². The minimum absolute atomic E-state index is 0.100. The number of esters is 1. The lowest BCUT2D eigenvalue weighted by molar-refractivity contribution is -0.384. The molecule has 0 amide bonds. The van der Waals surface area contributed by atoms with E-state index in [0.717, 1.165) is 0 Å². The lowest BCUT2D eigenvalue weighted by Gasteiger charge is -2.24. The van der Waals surface area contributed by atoms with E-state index in [-0.39, 0.29) is 29.2 Å². The van der Waals surface area contributed by atoms with E-state index in [9.17, 15) is 24.8 Å². The molecular weight excluding hydrogens is 446 g/mol. The Morgan fingerprint density at radius 1 is 1.24 bits per heavy atom. The van der Waals surface area contributed by atoms with Crippen LogP contribution in [0, 0.1) is 10.1 Å². The first kappa shape index (κ1) is 22.2. The number of nitro benzene ring substituents is 1. The second kappa shape index (κ2) is 8.83. The third-order valence-corrected chi connectivity index (χ3v) is 6.11. The quantitative estimate of drug-likeness (QED) is 0.351. The second-order valence-corrected chi connectivity index (χ2v) is 8.25. The van der Waals surface area contributed by atoms with Crippen molar-refractivity contribution in [2.45, 2.75) is 19.9 Å². The van der Waals surface area contributed by atoms with Gasteiger partial charge in [0, 0.05) is 12.1 Å². The zero-order chi connectivity index (χ0) is 23.7. The maximum atomic E-state index is 13.4. The minimum atomic E-state index is -0.844. The first-order valence-corrected chi connectivity index (χ1v) is 10.8. The fraction of sp³-hybridized carbons (Fsp3) is 0.174. The number of aromatic nitrogens is 1. The van der Waals surface area contributed by atoms with Crippen LogP contribution in [0.4, 0.5) is 5.69 Å². The molecule has 0 radical (unpaired) electrons. The molecule has 10 heteroatoms. The molecule has 1 unspecified atom stereocenters. The number of phenolic OH excluding ortho intramolecular Hbond substituents is 1. The normalized spacial score (nSPS) is 15.7. The zero-order valence-corrected chi connectivity index (χ0v) is 18.5. The highest BCUT2D eigenvalue weighted by atomic mass is 32.1. The van der Waals surface area contributed by atoms with Crippen molar-refractivity contribution in [3.63, 3.8) is 0 Å². The van der Waals surface area contributed by atoms with Crippen molar-refractivity contribution in [3.8, 4) is 5.75 Å². The monoisotopic (exact) mass is 465 g/mol. The van der Waals surface area contributed by atoms with Gasteiger partial charge in [-0.25, -0.2) is 9.79 Å². The second-order valence-electron chi connectivity index (χ2n) is 7.24. The van der Waals surface area contributed by atoms with Crippen molar-refractivity contribution >= 4 is 29.1 Å². The van der Waals surface area contributed by atoms with Gasteiger partial charge in [0.05, 0.1) is 33.4 Å². The summed E-state index contributed by atoms with van der Waals surface area (Å²) in [5, 5.41) is 20.6. The Kier molecular flexibility index (Phi) is 5.93. The van der Waals surface area contributed by atoms with Crippen molar-refractivity contribution in [1.29, 1.82) is 0 Å². The van der Waals surface area contributed by atoms with E-state index in [0.29, 0.717) is 26.2 Å². The highest BCUT2D eigenvalue weighted by Crippen LogP contribution is 2.31. The number of carbonyl (C=O) groups excluding carboxylic acids is 1. The van der Waals surface area contributed by atoms with Crippen LogP contribution in [-0.4, -0.2) is 27.2 Å². The summed E-state index contributed by atoms with van der Waals surface area (Å²) in [6, 6.07) is 11.3. The number of phenols is 1. The molecule has 4 rings (SSSR count). The number of ether oxygens (including phenoxy) is 1. The van der Waals surface area contributed by atoms with Gasteiger partial charge < -0.3 is 9.84 Å². The maximum absolute atomic E-state index is 13.4. The van der Waals surface area contributed by atoms with Crippen LogP contribution in [0.5, 0.6) is 5.75 Å². The molecule has 0 fully saturated rings. The summed E-state index contributed by atoms with van der Waals surface area (Å²) in [5.41, 5.74) is 1.39. The maximum Gasteiger partial charge on any atom is 0.338 e. The highest BCUT2D eigenvalue weighted by molar-refractivity contribution is 7.07. The fourth-order valence-electron chi connectivity index (χ4n) is 3.61. The molecule has 0 saturated carbocycles. The van der Waals surface area contributed by atoms with Crippen molar-refractivity contribution in [2.75, 3.05) is 6.61 Å². The number of carbonyl (C=O) groups is 1. The number of nitrogens with zero attached hydrogens (tertiary/aromatic N) is 3. The predicted molar refractivity (Wildman–Crippen MR) is 122 cm³/mol. The SMILES string of the molecule is CCOC(=O)C1=C(C)N=c2s/c(=C/c3ccc(O)cc3)c(=O)n2C1c1ccc([N+](=O)[O-])cc1. The Morgan fingerprint density at radius 2 is 1.91 bits per heavy atom. The van der Waals surface area contributed by atoms with E-state index in [1.54, 1.807) is 32.1 Å². The lowest BCUT2D eigenvalue weighted by Crippen LogP contribution is -2.39. The highest BCUT2D eigenvalue weighted by Gasteiger charge is 2.33. The fourth-order valence-corrected chi connectivity index (χ4v) is 4.65. The molecule has 33 heavy (non-hydrogen) atoms. The Morgan fingerprint density at radius 3 is 2.52 bits per heavy atom. The van der Waals surface area contributed by atoms with E-state index in [4.69, 9.17) is 4.74 Å². The van der Waals surface area contributed by atoms with E-state index >= 15 is 0 Å². The Bertz CT molecular complexity index is 1450. The number of non-ortho nitro benzene ring substituents is 1. The molecule has 2 heterocycles. The number of hydrogen-bond acceptors (Lipinski definition) is 8. The molecule has 168 valence electrons. The molecule has 0 aliphatic carbocycles. The molecule has 1 aliphatic heterocycles. The molecule has 0 bridgehead atoms. The number of hydrogen-bond donors (Lipinski definition) is 1. The van der Waals surface area contributed by atoms with Crippen molar-refractivity contribution < 1.29 is 19.6 Å². The smallest absolute Gasteiger partial charge is 0.338 e. The first-order valence-electron chi connectivity index (χ1n) is 10.0. The first-order chi connectivity index (χ1) is 15.8. The number of allylic oxidation sites excluding steroid dienone is 1. The van der Waals surface area contributed by atoms with E-state index in [1.165, 1.54) is 52.3 Å². The summed E-state index contributed by atoms with van der Waals surface area (Å²) in [6.45, 7) is 3.50. The standard InChI is InChI=1S/C23H19N3O6S/c1-3-32-22(29)19-13(2)24-23-25(20(19)15-6-8-16(9-7-15)26(30)31)21(28)18(33-23)12-14-4-10-17(27)11-5-14/h4-12,20,27H,3H2,1-2H3/b18-12+. The van der Waals surface area contributed by atoms with Crippen molar-refractivity contribution in [1.82, 2.24) is 4.57 Å².